The van der Waals surface area contributed by atoms with Crippen molar-refractivity contribution in [3.8, 4) is 0 Å². The van der Waals surface area contributed by atoms with E-state index < -0.39 is 23.8 Å². The van der Waals surface area contributed by atoms with Crippen LogP contribution in [0.15, 0.2) is 0 Å². The largest absolute Gasteiger partial charge is 0.338 e. The third-order valence-corrected chi connectivity index (χ3v) is 6.56. The molecule has 0 aromatic carbocycles. The van der Waals surface area contributed by atoms with Crippen LogP contribution in [0, 0.1) is 23.7 Å². The molecule has 1 aliphatic carbocycles. The first kappa shape index (κ1) is 15.1. The van der Waals surface area contributed by atoms with Gasteiger partial charge >= 0.3 is 0 Å². The van der Waals surface area contributed by atoms with Crippen molar-refractivity contribution in [1.29, 1.82) is 0 Å². The highest BCUT2D eigenvalue weighted by Crippen LogP contribution is 2.60. The maximum Gasteiger partial charge on any atom is 0.201 e. The summed E-state index contributed by atoms with van der Waals surface area (Å²) in [6.07, 6.45) is 3.11. The van der Waals surface area contributed by atoms with Crippen molar-refractivity contribution < 1.29 is 24.0 Å². The molecule has 4 saturated heterocycles. The number of carbonyl (C=O) groups is 1. The van der Waals surface area contributed by atoms with E-state index >= 15 is 0 Å². The summed E-state index contributed by atoms with van der Waals surface area (Å²) in [6.45, 7) is 7.91. The van der Waals surface area contributed by atoms with Gasteiger partial charge in [-0.25, -0.2) is 9.78 Å². The second-order valence-corrected chi connectivity index (χ2v) is 7.94. The second-order valence-electron chi connectivity index (χ2n) is 7.94. The number of ether oxygens (including phenoxy) is 2. The fourth-order valence-corrected chi connectivity index (χ4v) is 5.37. The molecule has 2 bridgehead atoms. The number of rotatable bonds is 1. The fraction of sp³-hybridized carbons (Fsp3) is 0.941. The smallest absolute Gasteiger partial charge is 0.201 e. The second kappa shape index (κ2) is 4.76. The van der Waals surface area contributed by atoms with Crippen LogP contribution in [0.1, 0.15) is 53.4 Å². The summed E-state index contributed by atoms with van der Waals surface area (Å²) in [5, 5.41) is 0. The Balaban J connectivity index is 1.80. The van der Waals surface area contributed by atoms with Crippen LogP contribution in [0.3, 0.4) is 0 Å². The van der Waals surface area contributed by atoms with Gasteiger partial charge in [0.2, 0.25) is 5.79 Å². The van der Waals surface area contributed by atoms with Gasteiger partial charge in [-0.1, -0.05) is 13.8 Å². The molecule has 0 aromatic heterocycles. The number of hydrogen-bond donors (Lipinski definition) is 0. The first-order chi connectivity index (χ1) is 10.4. The lowest BCUT2D eigenvalue weighted by Crippen LogP contribution is -2.70. The van der Waals surface area contributed by atoms with Gasteiger partial charge in [-0.3, -0.25) is 4.79 Å². The molecule has 5 rings (SSSR count). The number of hydrogen-bond acceptors (Lipinski definition) is 5. The minimum atomic E-state index is -0.764. The van der Waals surface area contributed by atoms with Crippen LogP contribution in [0.5, 0.6) is 0 Å². The van der Waals surface area contributed by atoms with E-state index in [1.165, 1.54) is 6.42 Å². The van der Waals surface area contributed by atoms with Gasteiger partial charge in [0.1, 0.15) is 6.10 Å². The summed E-state index contributed by atoms with van der Waals surface area (Å²) in [4.78, 5) is 23.8. The zero-order chi connectivity index (χ0) is 15.7. The van der Waals surface area contributed by atoms with E-state index in [1.807, 2.05) is 6.92 Å². The summed E-state index contributed by atoms with van der Waals surface area (Å²) < 4.78 is 12.3. The lowest BCUT2D eigenvalue weighted by atomic mass is 9.57. The minimum Gasteiger partial charge on any atom is -0.338 e. The van der Waals surface area contributed by atoms with Gasteiger partial charge in [0, 0.05) is 12.3 Å². The van der Waals surface area contributed by atoms with E-state index in [9.17, 15) is 4.79 Å². The zero-order valence-electron chi connectivity index (χ0n) is 13.8. The number of carbonyl (C=O) groups excluding carboxylic acids is 1. The van der Waals surface area contributed by atoms with Gasteiger partial charge in [-0.15, -0.1) is 0 Å². The van der Waals surface area contributed by atoms with Gasteiger partial charge in [-0.2, -0.15) is 0 Å². The van der Waals surface area contributed by atoms with Gasteiger partial charge in [0.25, 0.3) is 0 Å². The standard InChI is InChI=1S/C17H26O5/c1-9-5-6-13-10(2)14(11(3)18)19-15-17(13)12(9)7-8-16(4,20-15)21-22-17/h9-10,12-15H,5-8H2,1-4H3/t9-,10-,12+,13+,14+,15-,16-,17-/m1/s1. The van der Waals surface area contributed by atoms with Crippen molar-refractivity contribution in [3.63, 3.8) is 0 Å². The maximum absolute atomic E-state index is 12.0. The molecular weight excluding hydrogens is 284 g/mol. The number of Topliss-reactive ketones (excluding diaryl/α,β-unsaturated/α-hetero) is 1. The third-order valence-electron chi connectivity index (χ3n) is 6.56. The van der Waals surface area contributed by atoms with Gasteiger partial charge in [-0.05, 0) is 50.9 Å². The lowest BCUT2D eigenvalue weighted by Gasteiger charge is -2.60. The molecule has 1 saturated carbocycles. The van der Waals surface area contributed by atoms with Crippen LogP contribution in [0.25, 0.3) is 0 Å². The van der Waals surface area contributed by atoms with E-state index in [-0.39, 0.29) is 17.6 Å². The lowest BCUT2D eigenvalue weighted by molar-refractivity contribution is -0.569. The summed E-state index contributed by atoms with van der Waals surface area (Å²) in [5.41, 5.74) is -0.557. The van der Waals surface area contributed by atoms with Crippen LogP contribution < -0.4 is 0 Å². The molecule has 0 radical (unpaired) electrons. The predicted molar refractivity (Wildman–Crippen MR) is 77.5 cm³/mol. The van der Waals surface area contributed by atoms with Crippen molar-refractivity contribution in [2.45, 2.75) is 77.2 Å². The van der Waals surface area contributed by atoms with Crippen LogP contribution in [0.2, 0.25) is 0 Å². The Labute approximate surface area is 131 Å². The minimum absolute atomic E-state index is 0.0762. The molecule has 0 unspecified atom stereocenters. The van der Waals surface area contributed by atoms with Gasteiger partial charge in [0.05, 0.1) is 0 Å². The molecule has 4 heterocycles. The normalized spacial score (nSPS) is 57.1. The maximum atomic E-state index is 12.0. The molecule has 5 fully saturated rings. The Morgan fingerprint density at radius 2 is 1.86 bits per heavy atom. The fourth-order valence-electron chi connectivity index (χ4n) is 5.37. The van der Waals surface area contributed by atoms with Crippen molar-refractivity contribution >= 4 is 5.78 Å². The molecule has 0 aromatic rings. The van der Waals surface area contributed by atoms with Gasteiger partial charge in [0.15, 0.2) is 17.7 Å². The van der Waals surface area contributed by atoms with E-state index in [0.29, 0.717) is 11.8 Å². The van der Waals surface area contributed by atoms with Crippen LogP contribution in [-0.4, -0.2) is 29.6 Å². The van der Waals surface area contributed by atoms with E-state index in [2.05, 4.69) is 13.8 Å². The molecule has 22 heavy (non-hydrogen) atoms. The summed E-state index contributed by atoms with van der Waals surface area (Å²) in [7, 11) is 0. The Morgan fingerprint density at radius 3 is 2.59 bits per heavy atom. The van der Waals surface area contributed by atoms with Crippen LogP contribution in [-0.2, 0) is 24.0 Å². The summed E-state index contributed by atoms with van der Waals surface area (Å²) >= 11 is 0. The Morgan fingerprint density at radius 1 is 1.09 bits per heavy atom. The van der Waals surface area contributed by atoms with Gasteiger partial charge < -0.3 is 9.47 Å². The molecule has 0 N–H and O–H groups in total. The van der Waals surface area contributed by atoms with Crippen LogP contribution >= 0.6 is 0 Å². The van der Waals surface area contributed by atoms with Crippen LogP contribution in [0.4, 0.5) is 0 Å². The average Bonchev–Trinajstić information content (AvgIpc) is 2.69. The highest BCUT2D eigenvalue weighted by molar-refractivity contribution is 5.81. The van der Waals surface area contributed by atoms with Crippen molar-refractivity contribution in [3.05, 3.63) is 0 Å². The van der Waals surface area contributed by atoms with E-state index in [0.717, 1.165) is 19.3 Å². The summed E-state index contributed by atoms with van der Waals surface area (Å²) in [6, 6.07) is 0. The topological polar surface area (TPSA) is 54.0 Å². The first-order valence-electron chi connectivity index (χ1n) is 8.58. The third kappa shape index (κ3) is 1.83. The Bertz CT molecular complexity index is 493. The first-order valence-corrected chi connectivity index (χ1v) is 8.58. The van der Waals surface area contributed by atoms with Crippen molar-refractivity contribution in [2.75, 3.05) is 0 Å². The molecule has 5 aliphatic rings. The Kier molecular flexibility index (Phi) is 3.26. The Hall–Kier alpha value is -0.490. The molecule has 5 nitrogen and oxygen atoms in total. The quantitative estimate of drug-likeness (QED) is 0.697. The highest BCUT2D eigenvalue weighted by atomic mass is 17.3. The zero-order valence-corrected chi connectivity index (χ0v) is 13.8. The molecule has 8 atom stereocenters. The molecule has 124 valence electrons. The van der Waals surface area contributed by atoms with Crippen molar-refractivity contribution in [2.24, 2.45) is 23.7 Å². The van der Waals surface area contributed by atoms with Crippen molar-refractivity contribution in [1.82, 2.24) is 0 Å². The average molecular weight is 310 g/mol. The molecular formula is C17H26O5. The number of fused-ring (bicyclic) bond motifs is 2. The van der Waals surface area contributed by atoms with E-state index in [4.69, 9.17) is 19.2 Å². The monoisotopic (exact) mass is 310 g/mol. The van der Waals surface area contributed by atoms with E-state index in [1.54, 1.807) is 6.92 Å². The highest BCUT2D eigenvalue weighted by Gasteiger charge is 2.69. The number of ketones is 1. The SMILES string of the molecule is CC(=O)[C@H]1O[C@@H]2O[C@@]3(C)CC[C@H]4[C@H](C)CC[C@@H]([C@H]1C)[C@@]24OO3. The predicted octanol–water partition coefficient (Wildman–Crippen LogP) is 2.83. The molecule has 5 heteroatoms. The molecule has 4 aliphatic heterocycles. The summed E-state index contributed by atoms with van der Waals surface area (Å²) in [5.74, 6) is 0.584. The molecule has 0 amide bonds. The molecule has 1 spiro atoms.